The first-order valence-electron chi connectivity index (χ1n) is 10.1. The zero-order valence-corrected chi connectivity index (χ0v) is 17.7. The van der Waals surface area contributed by atoms with Crippen LogP contribution in [0, 0.1) is 5.82 Å². The molecule has 3 aromatic carbocycles. The maximum atomic E-state index is 13.9. The van der Waals surface area contributed by atoms with Gasteiger partial charge in [-0.25, -0.2) is 4.39 Å². The number of rotatable bonds is 4. The Morgan fingerprint density at radius 1 is 1.06 bits per heavy atom. The maximum absolute atomic E-state index is 13.9. The van der Waals surface area contributed by atoms with Crippen LogP contribution in [0.15, 0.2) is 75.9 Å². The van der Waals surface area contributed by atoms with Gasteiger partial charge < -0.3 is 9.15 Å². The molecule has 1 aliphatic heterocycles. The van der Waals surface area contributed by atoms with Crippen LogP contribution < -0.4 is 15.1 Å². The average molecular weight is 450 g/mol. The fraction of sp³-hybridized carbons (Fsp3) is 0.120. The standard InChI is InChI=1S/C25H17ClFNO4/c1-2-31-18-9-6-14(7-10-18)22-21-23(29)19-13-16(27)8-11-20(19)32-24(21)25(30)28(22)17-5-3-4-15(26)12-17/h3-13,22H,2H2,1H3. The summed E-state index contributed by atoms with van der Waals surface area (Å²) in [6.45, 7) is 2.40. The molecule has 0 fully saturated rings. The van der Waals surface area contributed by atoms with Gasteiger partial charge in [-0.05, 0) is 61.0 Å². The highest BCUT2D eigenvalue weighted by atomic mass is 35.5. The van der Waals surface area contributed by atoms with Crippen molar-refractivity contribution in [2.75, 3.05) is 11.5 Å². The SMILES string of the molecule is CCOc1ccc(C2c3c(oc4ccc(F)cc4c3=O)C(=O)N2c2cccc(Cl)c2)cc1. The summed E-state index contributed by atoms with van der Waals surface area (Å²) in [5.41, 5.74) is 1.07. The Bertz CT molecular complexity index is 1410. The summed E-state index contributed by atoms with van der Waals surface area (Å²) in [6, 6.07) is 16.9. The van der Waals surface area contributed by atoms with Gasteiger partial charge >= 0.3 is 0 Å². The number of benzene rings is 3. The van der Waals surface area contributed by atoms with Crippen LogP contribution >= 0.6 is 11.6 Å². The zero-order chi connectivity index (χ0) is 22.4. The Kier molecular flexibility index (Phi) is 4.94. The molecular weight excluding hydrogens is 433 g/mol. The number of nitrogens with zero attached hydrogens (tertiary/aromatic N) is 1. The van der Waals surface area contributed by atoms with Crippen molar-refractivity contribution in [1.82, 2.24) is 0 Å². The average Bonchev–Trinajstić information content (AvgIpc) is 3.08. The molecule has 0 radical (unpaired) electrons. The topological polar surface area (TPSA) is 59.8 Å². The number of fused-ring (bicyclic) bond motifs is 2. The summed E-state index contributed by atoms with van der Waals surface area (Å²) in [6.07, 6.45) is 0. The van der Waals surface area contributed by atoms with Gasteiger partial charge in [-0.2, -0.15) is 0 Å². The van der Waals surface area contributed by atoms with E-state index in [0.717, 1.165) is 6.07 Å². The van der Waals surface area contributed by atoms with Crippen LogP contribution in [-0.2, 0) is 0 Å². The molecule has 5 nitrogen and oxygen atoms in total. The van der Waals surface area contributed by atoms with Crippen molar-refractivity contribution in [1.29, 1.82) is 0 Å². The molecule has 4 aromatic rings. The highest BCUT2D eigenvalue weighted by molar-refractivity contribution is 6.31. The minimum atomic E-state index is -0.768. The van der Waals surface area contributed by atoms with E-state index in [9.17, 15) is 14.0 Å². The monoisotopic (exact) mass is 449 g/mol. The molecular formula is C25H17ClFNO4. The molecule has 1 amide bonds. The highest BCUT2D eigenvalue weighted by Crippen LogP contribution is 2.42. The molecule has 2 heterocycles. The summed E-state index contributed by atoms with van der Waals surface area (Å²) in [7, 11) is 0. The van der Waals surface area contributed by atoms with Crippen molar-refractivity contribution in [3.05, 3.63) is 105 Å². The molecule has 1 atom stereocenters. The van der Waals surface area contributed by atoms with Gasteiger partial charge in [0.25, 0.3) is 5.91 Å². The molecule has 32 heavy (non-hydrogen) atoms. The number of halogens is 2. The van der Waals surface area contributed by atoms with Gasteiger partial charge in [0.05, 0.1) is 23.6 Å². The fourth-order valence-electron chi connectivity index (χ4n) is 4.07. The number of ether oxygens (including phenoxy) is 1. The van der Waals surface area contributed by atoms with Crippen molar-refractivity contribution >= 4 is 34.2 Å². The van der Waals surface area contributed by atoms with Crippen molar-refractivity contribution in [2.24, 2.45) is 0 Å². The number of carbonyl (C=O) groups excluding carboxylic acids is 1. The van der Waals surface area contributed by atoms with E-state index in [2.05, 4.69) is 0 Å². The fourth-order valence-corrected chi connectivity index (χ4v) is 4.25. The maximum Gasteiger partial charge on any atom is 0.295 e. The van der Waals surface area contributed by atoms with Gasteiger partial charge in [0.1, 0.15) is 17.1 Å². The minimum absolute atomic E-state index is 0.0621. The summed E-state index contributed by atoms with van der Waals surface area (Å²) in [5.74, 6) is -0.418. The first kappa shape index (κ1) is 20.3. The van der Waals surface area contributed by atoms with Crippen LogP contribution in [0.25, 0.3) is 11.0 Å². The summed E-state index contributed by atoms with van der Waals surface area (Å²) in [4.78, 5) is 28.4. The molecule has 1 aliphatic rings. The lowest BCUT2D eigenvalue weighted by Gasteiger charge is -2.25. The molecule has 0 spiro atoms. The normalized spacial score (nSPS) is 15.3. The lowest BCUT2D eigenvalue weighted by atomic mass is 9.98. The van der Waals surface area contributed by atoms with Crippen molar-refractivity contribution in [3.63, 3.8) is 0 Å². The molecule has 0 N–H and O–H groups in total. The quantitative estimate of drug-likeness (QED) is 0.399. The third kappa shape index (κ3) is 3.24. The Morgan fingerprint density at radius 3 is 2.56 bits per heavy atom. The first-order valence-corrected chi connectivity index (χ1v) is 10.4. The van der Waals surface area contributed by atoms with Crippen molar-refractivity contribution < 1.29 is 18.3 Å². The minimum Gasteiger partial charge on any atom is -0.494 e. The molecule has 1 unspecified atom stereocenters. The van der Waals surface area contributed by atoms with E-state index in [4.69, 9.17) is 20.8 Å². The Balaban J connectivity index is 1.77. The number of amides is 1. The smallest absolute Gasteiger partial charge is 0.295 e. The Morgan fingerprint density at radius 2 is 1.84 bits per heavy atom. The van der Waals surface area contributed by atoms with Crippen LogP contribution in [0.4, 0.5) is 10.1 Å². The molecule has 5 rings (SSSR count). The first-order chi connectivity index (χ1) is 15.5. The number of anilines is 1. The molecule has 7 heteroatoms. The molecule has 0 aliphatic carbocycles. The summed E-state index contributed by atoms with van der Waals surface area (Å²) >= 11 is 6.18. The highest BCUT2D eigenvalue weighted by Gasteiger charge is 2.43. The van der Waals surface area contributed by atoms with E-state index in [0.29, 0.717) is 28.6 Å². The van der Waals surface area contributed by atoms with Crippen LogP contribution in [0.2, 0.25) is 5.02 Å². The molecule has 1 aromatic heterocycles. The summed E-state index contributed by atoms with van der Waals surface area (Å²) < 4.78 is 25.2. The predicted molar refractivity (Wildman–Crippen MR) is 120 cm³/mol. The van der Waals surface area contributed by atoms with Crippen molar-refractivity contribution in [3.8, 4) is 5.75 Å². The lowest BCUT2D eigenvalue weighted by molar-refractivity contribution is 0.0971. The van der Waals surface area contributed by atoms with Gasteiger partial charge in [-0.15, -0.1) is 0 Å². The molecule has 0 saturated carbocycles. The largest absolute Gasteiger partial charge is 0.494 e. The van der Waals surface area contributed by atoms with Gasteiger partial charge in [-0.1, -0.05) is 29.8 Å². The van der Waals surface area contributed by atoms with Crippen LogP contribution in [-0.4, -0.2) is 12.5 Å². The van der Waals surface area contributed by atoms with Gasteiger partial charge in [0.2, 0.25) is 5.76 Å². The third-order valence-corrected chi connectivity index (χ3v) is 5.66. The van der Waals surface area contributed by atoms with E-state index in [1.165, 1.54) is 17.0 Å². The van der Waals surface area contributed by atoms with Gasteiger partial charge in [-0.3, -0.25) is 14.5 Å². The number of hydrogen-bond acceptors (Lipinski definition) is 4. The second-order valence-electron chi connectivity index (χ2n) is 7.37. The molecule has 0 bridgehead atoms. The van der Waals surface area contributed by atoms with Crippen molar-refractivity contribution in [2.45, 2.75) is 13.0 Å². The van der Waals surface area contributed by atoms with E-state index in [1.54, 1.807) is 48.5 Å². The van der Waals surface area contributed by atoms with Gasteiger partial charge in [0, 0.05) is 10.7 Å². The van der Waals surface area contributed by atoms with Crippen LogP contribution in [0.1, 0.15) is 34.6 Å². The van der Waals surface area contributed by atoms with E-state index < -0.39 is 23.2 Å². The zero-order valence-electron chi connectivity index (χ0n) is 17.0. The Hall–Kier alpha value is -3.64. The van der Waals surface area contributed by atoms with E-state index >= 15 is 0 Å². The number of hydrogen-bond donors (Lipinski definition) is 0. The summed E-state index contributed by atoms with van der Waals surface area (Å²) in [5, 5.41) is 0.531. The second-order valence-corrected chi connectivity index (χ2v) is 7.81. The lowest BCUT2D eigenvalue weighted by Crippen LogP contribution is -2.29. The molecule has 0 saturated heterocycles. The Labute approximate surface area is 187 Å². The predicted octanol–water partition coefficient (Wildman–Crippen LogP) is 5.73. The van der Waals surface area contributed by atoms with Gasteiger partial charge in [0.15, 0.2) is 5.43 Å². The van der Waals surface area contributed by atoms with E-state index in [-0.39, 0.29) is 22.3 Å². The van der Waals surface area contributed by atoms with Crippen LogP contribution in [0.3, 0.4) is 0 Å². The molecule has 160 valence electrons. The third-order valence-electron chi connectivity index (χ3n) is 5.43. The number of carbonyl (C=O) groups is 1. The van der Waals surface area contributed by atoms with E-state index in [1.807, 2.05) is 6.92 Å². The van der Waals surface area contributed by atoms with Crippen LogP contribution in [0.5, 0.6) is 5.75 Å². The second kappa shape index (κ2) is 7.80.